The van der Waals surface area contributed by atoms with Crippen molar-refractivity contribution in [1.82, 2.24) is 4.98 Å². The number of pyridine rings is 1. The van der Waals surface area contributed by atoms with Gasteiger partial charge in [0.15, 0.2) is 0 Å². The van der Waals surface area contributed by atoms with Crippen molar-refractivity contribution in [2.75, 3.05) is 4.90 Å². The van der Waals surface area contributed by atoms with Crippen molar-refractivity contribution in [2.45, 2.75) is 32.6 Å². The number of nitrogen functional groups attached to an aromatic ring is 1. The van der Waals surface area contributed by atoms with Gasteiger partial charge in [-0.05, 0) is 31.5 Å². The highest BCUT2D eigenvalue weighted by Crippen LogP contribution is 2.31. The summed E-state index contributed by atoms with van der Waals surface area (Å²) in [4.78, 5) is 5.47. The van der Waals surface area contributed by atoms with Crippen LogP contribution in [0, 0.1) is 5.41 Å². The topological polar surface area (TPSA) is 66.0 Å². The summed E-state index contributed by atoms with van der Waals surface area (Å²) in [6, 6.07) is 11.3. The smallest absolute Gasteiger partial charge is 0.384 e. The molecule has 7 heteroatoms. The molecule has 0 amide bonds. The molecule has 3 N–H and O–H groups in total. The molecule has 0 spiro atoms. The molecule has 0 atom stereocenters. The van der Waals surface area contributed by atoms with Crippen molar-refractivity contribution < 1.29 is 13.2 Å². The first-order chi connectivity index (χ1) is 11.2. The Morgan fingerprint density at radius 2 is 1.79 bits per heavy atom. The Labute approximate surface area is 138 Å². The number of nitrogens with two attached hydrogens (primary N) is 1. The van der Waals surface area contributed by atoms with Crippen LogP contribution >= 0.6 is 0 Å². The van der Waals surface area contributed by atoms with Gasteiger partial charge in [-0.15, -0.1) is 0 Å². The fourth-order valence-corrected chi connectivity index (χ4v) is 2.32. The summed E-state index contributed by atoms with van der Waals surface area (Å²) < 4.78 is 39.1. The number of halogens is 3. The third-order valence-corrected chi connectivity index (χ3v) is 3.55. The third-order valence-electron chi connectivity index (χ3n) is 3.55. The van der Waals surface area contributed by atoms with Crippen LogP contribution in [0.3, 0.4) is 0 Å². The standard InChI is InChI=1S/C17H19F3N4/c1-11(2)24(10-12-6-4-3-5-7-12)16-13(15(21)22)8-9-14(23-16)17(18,19)20/h3-9,11H,10H2,1-2H3,(H3,21,22). The minimum atomic E-state index is -4.56. The average Bonchev–Trinajstić information content (AvgIpc) is 2.51. The second kappa shape index (κ2) is 6.90. The molecule has 2 aromatic rings. The lowest BCUT2D eigenvalue weighted by molar-refractivity contribution is -0.141. The van der Waals surface area contributed by atoms with Gasteiger partial charge in [0.25, 0.3) is 0 Å². The van der Waals surface area contributed by atoms with E-state index in [9.17, 15) is 13.2 Å². The number of aromatic nitrogens is 1. The predicted molar refractivity (Wildman–Crippen MR) is 88.0 cm³/mol. The van der Waals surface area contributed by atoms with Crippen LogP contribution in [0.5, 0.6) is 0 Å². The molecular weight excluding hydrogens is 317 g/mol. The Balaban J connectivity index is 2.53. The summed E-state index contributed by atoms with van der Waals surface area (Å²) in [5.41, 5.74) is 5.66. The number of nitrogens with one attached hydrogen (secondary N) is 1. The molecular formula is C17H19F3N4. The fourth-order valence-electron chi connectivity index (χ4n) is 2.32. The zero-order valence-electron chi connectivity index (χ0n) is 13.4. The van der Waals surface area contributed by atoms with Gasteiger partial charge in [-0.2, -0.15) is 13.2 Å². The molecule has 0 aliphatic rings. The van der Waals surface area contributed by atoms with Crippen molar-refractivity contribution in [1.29, 1.82) is 5.41 Å². The Hall–Kier alpha value is -2.57. The fraction of sp³-hybridized carbons (Fsp3) is 0.294. The van der Waals surface area contributed by atoms with Crippen molar-refractivity contribution in [3.05, 3.63) is 59.3 Å². The Morgan fingerprint density at radius 1 is 1.17 bits per heavy atom. The number of benzene rings is 1. The van der Waals surface area contributed by atoms with Crippen molar-refractivity contribution in [2.24, 2.45) is 5.73 Å². The second-order valence-corrected chi connectivity index (χ2v) is 5.69. The van der Waals surface area contributed by atoms with Crippen LogP contribution in [-0.4, -0.2) is 16.9 Å². The molecule has 0 aliphatic heterocycles. The molecule has 1 aromatic carbocycles. The van der Waals surface area contributed by atoms with E-state index in [-0.39, 0.29) is 23.3 Å². The number of rotatable bonds is 5. The van der Waals surface area contributed by atoms with E-state index in [0.29, 0.717) is 6.54 Å². The van der Waals surface area contributed by atoms with Crippen LogP contribution < -0.4 is 10.6 Å². The maximum atomic E-state index is 13.0. The van der Waals surface area contributed by atoms with Crippen LogP contribution in [-0.2, 0) is 12.7 Å². The van der Waals surface area contributed by atoms with Gasteiger partial charge in [0, 0.05) is 12.6 Å². The molecule has 1 aromatic heterocycles. The first-order valence-electron chi connectivity index (χ1n) is 7.43. The maximum absolute atomic E-state index is 13.0. The van der Waals surface area contributed by atoms with Gasteiger partial charge in [0.2, 0.25) is 0 Å². The lowest BCUT2D eigenvalue weighted by Crippen LogP contribution is -2.34. The SMILES string of the molecule is CC(C)N(Cc1ccccc1)c1nc(C(F)(F)F)ccc1C(=N)N. The maximum Gasteiger partial charge on any atom is 0.433 e. The van der Waals surface area contributed by atoms with Crippen LogP contribution in [0.25, 0.3) is 0 Å². The Morgan fingerprint density at radius 3 is 2.29 bits per heavy atom. The summed E-state index contributed by atoms with van der Waals surface area (Å²) in [5.74, 6) is -0.249. The molecule has 128 valence electrons. The molecule has 0 aliphatic carbocycles. The summed E-state index contributed by atoms with van der Waals surface area (Å²) >= 11 is 0. The molecule has 0 saturated carbocycles. The van der Waals surface area contributed by atoms with Gasteiger partial charge in [0.1, 0.15) is 17.3 Å². The molecule has 0 unspecified atom stereocenters. The predicted octanol–water partition coefficient (Wildman–Crippen LogP) is 3.80. The normalized spacial score (nSPS) is 11.6. The molecule has 1 heterocycles. The molecule has 0 fully saturated rings. The number of hydrogen-bond acceptors (Lipinski definition) is 3. The Bertz CT molecular complexity index is 712. The minimum absolute atomic E-state index is 0.0659. The highest BCUT2D eigenvalue weighted by molar-refractivity contribution is 5.99. The summed E-state index contributed by atoms with van der Waals surface area (Å²) in [7, 11) is 0. The van der Waals surface area contributed by atoms with Crippen molar-refractivity contribution in [3.63, 3.8) is 0 Å². The lowest BCUT2D eigenvalue weighted by atomic mass is 10.1. The van der Waals surface area contributed by atoms with E-state index >= 15 is 0 Å². The molecule has 2 rings (SSSR count). The first-order valence-corrected chi connectivity index (χ1v) is 7.43. The van der Waals surface area contributed by atoms with Crippen LogP contribution in [0.1, 0.15) is 30.7 Å². The van der Waals surface area contributed by atoms with Gasteiger partial charge in [-0.3, -0.25) is 5.41 Å². The average molecular weight is 336 g/mol. The number of nitrogens with zero attached hydrogens (tertiary/aromatic N) is 2. The van der Waals surface area contributed by atoms with Gasteiger partial charge < -0.3 is 10.6 Å². The number of hydrogen-bond donors (Lipinski definition) is 2. The minimum Gasteiger partial charge on any atom is -0.384 e. The van der Waals surface area contributed by atoms with Crippen LogP contribution in [0.4, 0.5) is 19.0 Å². The molecule has 0 bridgehead atoms. The van der Waals surface area contributed by atoms with Crippen molar-refractivity contribution in [3.8, 4) is 0 Å². The van der Waals surface area contributed by atoms with E-state index in [2.05, 4.69) is 4.98 Å². The van der Waals surface area contributed by atoms with E-state index in [4.69, 9.17) is 11.1 Å². The van der Waals surface area contributed by atoms with Crippen molar-refractivity contribution >= 4 is 11.7 Å². The quantitative estimate of drug-likeness (QED) is 0.645. The summed E-state index contributed by atoms with van der Waals surface area (Å²) in [6.45, 7) is 4.08. The summed E-state index contributed by atoms with van der Waals surface area (Å²) in [5, 5.41) is 7.65. The van der Waals surface area contributed by atoms with Crippen LogP contribution in [0.2, 0.25) is 0 Å². The zero-order valence-corrected chi connectivity index (χ0v) is 13.4. The van der Waals surface area contributed by atoms with E-state index in [1.165, 1.54) is 6.07 Å². The Kier molecular flexibility index (Phi) is 5.11. The van der Waals surface area contributed by atoms with Gasteiger partial charge in [-0.1, -0.05) is 30.3 Å². The van der Waals surface area contributed by atoms with Crippen LogP contribution in [0.15, 0.2) is 42.5 Å². The molecule has 0 radical (unpaired) electrons. The lowest BCUT2D eigenvalue weighted by Gasteiger charge is -2.30. The number of anilines is 1. The first kappa shape index (κ1) is 17.8. The van der Waals surface area contributed by atoms with E-state index in [0.717, 1.165) is 11.6 Å². The summed E-state index contributed by atoms with van der Waals surface area (Å²) in [6.07, 6.45) is -4.56. The second-order valence-electron chi connectivity index (χ2n) is 5.69. The number of amidine groups is 1. The molecule has 0 saturated heterocycles. The molecule has 4 nitrogen and oxygen atoms in total. The van der Waals surface area contributed by atoms with Gasteiger partial charge in [0.05, 0.1) is 5.56 Å². The third kappa shape index (κ3) is 4.04. The monoisotopic (exact) mass is 336 g/mol. The molecule has 24 heavy (non-hydrogen) atoms. The van der Waals surface area contributed by atoms with Gasteiger partial charge in [-0.25, -0.2) is 4.98 Å². The van der Waals surface area contributed by atoms with E-state index in [1.54, 1.807) is 4.90 Å². The number of alkyl halides is 3. The largest absolute Gasteiger partial charge is 0.433 e. The highest BCUT2D eigenvalue weighted by atomic mass is 19.4. The zero-order chi connectivity index (χ0) is 17.9. The van der Waals surface area contributed by atoms with E-state index < -0.39 is 11.9 Å². The van der Waals surface area contributed by atoms with E-state index in [1.807, 2.05) is 44.2 Å². The van der Waals surface area contributed by atoms with Gasteiger partial charge >= 0.3 is 6.18 Å². The highest BCUT2D eigenvalue weighted by Gasteiger charge is 2.34.